The number of rotatable bonds is 4. The standard InChI is InChI=1S/C17H21NO3S/c1-22-13-5-3-2-4-12(13)18-16(19)14-10-6-8-11(9-7-10)15(14)17(20)21/h2-5,10-11,14-15H,6-9H2,1H3,(H,18,19)(H,20,21)/p-1/t10?,11?,14-,15-/m1/s1. The van der Waals surface area contributed by atoms with Crippen molar-refractivity contribution in [3.8, 4) is 0 Å². The second-order valence-electron chi connectivity index (χ2n) is 6.23. The molecule has 0 heterocycles. The van der Waals surface area contributed by atoms with Crippen LogP contribution >= 0.6 is 11.8 Å². The molecule has 3 aliphatic rings. The van der Waals surface area contributed by atoms with E-state index in [0.29, 0.717) is 0 Å². The molecule has 0 aromatic heterocycles. The van der Waals surface area contributed by atoms with E-state index in [1.54, 1.807) is 11.8 Å². The zero-order chi connectivity index (χ0) is 15.7. The van der Waals surface area contributed by atoms with Crippen LogP contribution in [0.5, 0.6) is 0 Å². The van der Waals surface area contributed by atoms with E-state index in [2.05, 4.69) is 5.32 Å². The zero-order valence-electron chi connectivity index (χ0n) is 12.6. The summed E-state index contributed by atoms with van der Waals surface area (Å²) in [5.41, 5.74) is 0.763. The largest absolute Gasteiger partial charge is 0.550 e. The van der Waals surface area contributed by atoms with Crippen molar-refractivity contribution < 1.29 is 14.7 Å². The number of carbonyl (C=O) groups is 2. The maximum Gasteiger partial charge on any atom is 0.228 e. The van der Waals surface area contributed by atoms with Gasteiger partial charge in [0.05, 0.1) is 5.69 Å². The maximum absolute atomic E-state index is 12.7. The number of carboxylic acid groups (broad SMARTS) is 1. The van der Waals surface area contributed by atoms with Gasteiger partial charge in [0.2, 0.25) is 5.91 Å². The van der Waals surface area contributed by atoms with Crippen LogP contribution in [0.2, 0.25) is 0 Å². The summed E-state index contributed by atoms with van der Waals surface area (Å²) in [6, 6.07) is 7.61. The summed E-state index contributed by atoms with van der Waals surface area (Å²) in [4.78, 5) is 25.3. The maximum atomic E-state index is 12.7. The summed E-state index contributed by atoms with van der Waals surface area (Å²) in [6.45, 7) is 0. The highest BCUT2D eigenvalue weighted by molar-refractivity contribution is 7.98. The van der Waals surface area contributed by atoms with Gasteiger partial charge in [0.1, 0.15) is 0 Å². The summed E-state index contributed by atoms with van der Waals surface area (Å²) >= 11 is 1.56. The minimum Gasteiger partial charge on any atom is -0.550 e. The normalized spacial score (nSPS) is 30.0. The predicted molar refractivity (Wildman–Crippen MR) is 84.3 cm³/mol. The summed E-state index contributed by atoms with van der Waals surface area (Å²) in [5.74, 6) is -2.03. The third-order valence-electron chi connectivity index (χ3n) is 5.16. The molecule has 22 heavy (non-hydrogen) atoms. The zero-order valence-corrected chi connectivity index (χ0v) is 13.4. The molecule has 0 unspecified atom stereocenters. The Morgan fingerprint density at radius 3 is 2.27 bits per heavy atom. The second-order valence-corrected chi connectivity index (χ2v) is 7.08. The Labute approximate surface area is 134 Å². The number of nitrogens with one attached hydrogen (secondary N) is 1. The van der Waals surface area contributed by atoms with Crippen LogP contribution in [0.4, 0.5) is 5.69 Å². The lowest BCUT2D eigenvalue weighted by Crippen LogP contribution is -2.52. The Morgan fingerprint density at radius 2 is 1.68 bits per heavy atom. The van der Waals surface area contributed by atoms with Gasteiger partial charge < -0.3 is 15.2 Å². The molecule has 4 rings (SSSR count). The average molecular weight is 318 g/mol. The van der Waals surface area contributed by atoms with E-state index in [-0.39, 0.29) is 17.7 Å². The molecule has 4 nitrogen and oxygen atoms in total. The molecule has 5 heteroatoms. The molecule has 3 aliphatic carbocycles. The highest BCUT2D eigenvalue weighted by Crippen LogP contribution is 2.49. The van der Waals surface area contributed by atoms with E-state index in [0.717, 1.165) is 36.3 Å². The Hall–Kier alpha value is -1.49. The lowest BCUT2D eigenvalue weighted by Gasteiger charge is -2.48. The molecule has 0 aliphatic heterocycles. The van der Waals surface area contributed by atoms with E-state index in [1.807, 2.05) is 30.5 Å². The van der Waals surface area contributed by atoms with Crippen molar-refractivity contribution in [2.45, 2.75) is 30.6 Å². The number of benzene rings is 1. The van der Waals surface area contributed by atoms with E-state index >= 15 is 0 Å². The first-order valence-electron chi connectivity index (χ1n) is 7.76. The average Bonchev–Trinajstić information content (AvgIpc) is 2.55. The molecule has 3 fully saturated rings. The first-order valence-corrected chi connectivity index (χ1v) is 8.99. The first-order chi connectivity index (χ1) is 10.6. The fraction of sp³-hybridized carbons (Fsp3) is 0.529. The number of hydrogen-bond acceptors (Lipinski definition) is 4. The Kier molecular flexibility index (Phi) is 4.43. The summed E-state index contributed by atoms with van der Waals surface area (Å²) in [7, 11) is 0. The van der Waals surface area contributed by atoms with Crippen molar-refractivity contribution in [3.63, 3.8) is 0 Å². The van der Waals surface area contributed by atoms with Crippen molar-refractivity contribution in [2.75, 3.05) is 11.6 Å². The third kappa shape index (κ3) is 2.74. The fourth-order valence-corrected chi connectivity index (χ4v) is 4.68. The van der Waals surface area contributed by atoms with Crippen LogP contribution < -0.4 is 10.4 Å². The molecular weight excluding hydrogens is 298 g/mol. The minimum atomic E-state index is -1.06. The number of para-hydroxylation sites is 1. The van der Waals surface area contributed by atoms with Crippen LogP contribution in [-0.4, -0.2) is 18.1 Å². The van der Waals surface area contributed by atoms with Gasteiger partial charge in [0, 0.05) is 22.7 Å². The minimum absolute atomic E-state index is 0.0987. The van der Waals surface area contributed by atoms with Gasteiger partial charge in [-0.15, -0.1) is 11.8 Å². The molecule has 1 amide bonds. The molecule has 1 aromatic carbocycles. The number of aliphatic carboxylic acids is 1. The number of carboxylic acids is 1. The van der Waals surface area contributed by atoms with Crippen molar-refractivity contribution in [1.82, 2.24) is 0 Å². The topological polar surface area (TPSA) is 69.2 Å². The Bertz CT molecular complexity index is 581. The van der Waals surface area contributed by atoms with E-state index in [4.69, 9.17) is 0 Å². The molecule has 3 saturated carbocycles. The fourth-order valence-electron chi connectivity index (χ4n) is 4.13. The van der Waals surface area contributed by atoms with Gasteiger partial charge in [-0.25, -0.2) is 0 Å². The van der Waals surface area contributed by atoms with Gasteiger partial charge in [-0.1, -0.05) is 12.1 Å². The van der Waals surface area contributed by atoms with Gasteiger partial charge in [0.15, 0.2) is 0 Å². The SMILES string of the molecule is CSc1ccccc1NC(=O)[C@@H]1C2CCC(CC2)[C@H]1C(=O)[O-]. The van der Waals surface area contributed by atoms with E-state index in [1.165, 1.54) is 0 Å². The van der Waals surface area contributed by atoms with Crippen LogP contribution in [0.3, 0.4) is 0 Å². The monoisotopic (exact) mass is 318 g/mol. The van der Waals surface area contributed by atoms with Gasteiger partial charge >= 0.3 is 0 Å². The Balaban J connectivity index is 1.82. The molecule has 0 saturated heterocycles. The molecule has 1 aromatic rings. The number of fused-ring (bicyclic) bond motifs is 3. The Morgan fingerprint density at radius 1 is 1.09 bits per heavy atom. The highest BCUT2D eigenvalue weighted by Gasteiger charge is 2.47. The molecular formula is C17H20NO3S-. The number of hydrogen-bond donors (Lipinski definition) is 1. The molecule has 2 bridgehead atoms. The van der Waals surface area contributed by atoms with Gasteiger partial charge in [-0.05, 0) is 55.9 Å². The summed E-state index contributed by atoms with van der Waals surface area (Å²) < 4.78 is 0. The third-order valence-corrected chi connectivity index (χ3v) is 5.95. The molecule has 0 spiro atoms. The van der Waals surface area contributed by atoms with Gasteiger partial charge in [-0.2, -0.15) is 0 Å². The predicted octanol–water partition coefficient (Wildman–Crippen LogP) is 2.15. The van der Waals surface area contributed by atoms with Crippen molar-refractivity contribution in [2.24, 2.45) is 23.7 Å². The van der Waals surface area contributed by atoms with Crippen molar-refractivity contribution >= 4 is 29.3 Å². The second kappa shape index (κ2) is 6.32. The lowest BCUT2D eigenvalue weighted by atomic mass is 9.58. The molecule has 0 radical (unpaired) electrons. The van der Waals surface area contributed by atoms with Crippen LogP contribution in [0.25, 0.3) is 0 Å². The number of amides is 1. The van der Waals surface area contributed by atoms with Crippen LogP contribution in [0.15, 0.2) is 29.2 Å². The lowest BCUT2D eigenvalue weighted by molar-refractivity contribution is -0.318. The number of anilines is 1. The van der Waals surface area contributed by atoms with Crippen molar-refractivity contribution in [1.29, 1.82) is 0 Å². The number of carbonyl (C=O) groups excluding carboxylic acids is 2. The smallest absolute Gasteiger partial charge is 0.228 e. The van der Waals surface area contributed by atoms with Crippen LogP contribution in [0.1, 0.15) is 25.7 Å². The molecule has 118 valence electrons. The van der Waals surface area contributed by atoms with Gasteiger partial charge in [-0.3, -0.25) is 4.79 Å². The summed E-state index contributed by atoms with van der Waals surface area (Å²) in [5, 5.41) is 14.5. The molecule has 2 atom stereocenters. The van der Waals surface area contributed by atoms with E-state index in [9.17, 15) is 14.7 Å². The van der Waals surface area contributed by atoms with Crippen molar-refractivity contribution in [3.05, 3.63) is 24.3 Å². The first kappa shape index (κ1) is 15.4. The quantitative estimate of drug-likeness (QED) is 0.864. The number of thioether (sulfide) groups is 1. The highest BCUT2D eigenvalue weighted by atomic mass is 32.2. The van der Waals surface area contributed by atoms with Gasteiger partial charge in [0.25, 0.3) is 0 Å². The van der Waals surface area contributed by atoms with Crippen LogP contribution in [0, 0.1) is 23.7 Å². The summed E-state index contributed by atoms with van der Waals surface area (Å²) in [6.07, 6.45) is 5.69. The van der Waals surface area contributed by atoms with Crippen LogP contribution in [-0.2, 0) is 9.59 Å². The van der Waals surface area contributed by atoms with E-state index < -0.39 is 17.8 Å². The molecule has 1 N–H and O–H groups in total.